The Hall–Kier alpha value is -1.71. The van der Waals surface area contributed by atoms with Crippen molar-refractivity contribution in [1.82, 2.24) is 9.71 Å². The fourth-order valence-electron chi connectivity index (χ4n) is 1.40. The fraction of sp³-hybridized carbons (Fsp3) is 0.273. The molecular formula is C11H12N2O5S2. The summed E-state index contributed by atoms with van der Waals surface area (Å²) in [5.74, 6) is -1.74. The topological polar surface area (TPSA) is 110 Å². The van der Waals surface area contributed by atoms with E-state index in [1.807, 2.05) is 6.92 Å². The molecule has 0 spiro atoms. The van der Waals surface area contributed by atoms with Crippen LogP contribution in [0.25, 0.3) is 0 Å². The van der Waals surface area contributed by atoms with E-state index in [2.05, 4.69) is 9.71 Å². The highest BCUT2D eigenvalue weighted by Gasteiger charge is 2.21. The number of aryl methyl sites for hydroxylation is 1. The summed E-state index contributed by atoms with van der Waals surface area (Å²) in [6.07, 6.45) is 2.54. The van der Waals surface area contributed by atoms with Crippen molar-refractivity contribution < 1.29 is 22.7 Å². The molecule has 0 saturated carbocycles. The average Bonchev–Trinajstić information content (AvgIpc) is 3.05. The Morgan fingerprint density at radius 2 is 2.25 bits per heavy atom. The van der Waals surface area contributed by atoms with E-state index >= 15 is 0 Å². The van der Waals surface area contributed by atoms with Crippen LogP contribution in [0.2, 0.25) is 0 Å². The van der Waals surface area contributed by atoms with Gasteiger partial charge in [0.05, 0.1) is 6.54 Å². The number of rotatable bonds is 6. The maximum Gasteiger partial charge on any atom is 0.371 e. The average molecular weight is 316 g/mol. The first-order valence-corrected chi connectivity index (χ1v) is 7.98. The minimum atomic E-state index is -3.88. The van der Waals surface area contributed by atoms with Crippen LogP contribution in [0.1, 0.15) is 27.4 Å². The molecule has 0 radical (unpaired) electrons. The Bertz CT molecular complexity index is 717. The molecule has 0 aliphatic rings. The molecule has 2 aromatic rings. The molecule has 20 heavy (non-hydrogen) atoms. The zero-order valence-corrected chi connectivity index (χ0v) is 12.1. The third kappa shape index (κ3) is 3.24. The van der Waals surface area contributed by atoms with Gasteiger partial charge in [-0.25, -0.2) is 22.9 Å². The van der Waals surface area contributed by atoms with Crippen LogP contribution in [0.4, 0.5) is 0 Å². The number of carboxylic acids is 1. The lowest BCUT2D eigenvalue weighted by Crippen LogP contribution is -2.22. The molecule has 0 unspecified atom stereocenters. The maximum atomic E-state index is 11.9. The molecule has 7 nitrogen and oxygen atoms in total. The third-order valence-electron chi connectivity index (χ3n) is 2.42. The van der Waals surface area contributed by atoms with E-state index in [0.717, 1.165) is 23.4 Å². The van der Waals surface area contributed by atoms with Gasteiger partial charge < -0.3 is 9.52 Å². The van der Waals surface area contributed by atoms with Crippen molar-refractivity contribution in [2.45, 2.75) is 25.0 Å². The van der Waals surface area contributed by atoms with Gasteiger partial charge in [0.15, 0.2) is 0 Å². The fourth-order valence-corrected chi connectivity index (χ4v) is 3.21. The van der Waals surface area contributed by atoms with Crippen LogP contribution in [-0.2, 0) is 23.0 Å². The van der Waals surface area contributed by atoms with E-state index in [9.17, 15) is 13.2 Å². The van der Waals surface area contributed by atoms with Crippen molar-refractivity contribution in [3.05, 3.63) is 34.0 Å². The van der Waals surface area contributed by atoms with Gasteiger partial charge in [0.2, 0.25) is 10.9 Å². The van der Waals surface area contributed by atoms with Crippen LogP contribution in [0.15, 0.2) is 27.8 Å². The van der Waals surface area contributed by atoms with Crippen LogP contribution >= 0.6 is 11.3 Å². The number of aromatic carboxylic acids is 1. The van der Waals surface area contributed by atoms with Gasteiger partial charge in [0.1, 0.15) is 5.01 Å². The minimum absolute atomic E-state index is 0.0378. The summed E-state index contributed by atoms with van der Waals surface area (Å²) in [6.45, 7) is 2.02. The molecule has 0 saturated heterocycles. The maximum absolute atomic E-state index is 11.9. The zero-order chi connectivity index (χ0) is 14.8. The number of carboxylic acid groups (broad SMARTS) is 1. The molecule has 0 fully saturated rings. The second-order valence-corrected chi connectivity index (χ2v) is 6.72. The highest BCUT2D eigenvalue weighted by Crippen LogP contribution is 2.16. The second kappa shape index (κ2) is 5.73. The molecule has 0 aliphatic heterocycles. The molecule has 0 aromatic carbocycles. The number of carbonyl (C=O) groups is 1. The number of thiazole rings is 1. The number of hydrogen-bond acceptors (Lipinski definition) is 6. The quantitative estimate of drug-likeness (QED) is 0.835. The first-order valence-electron chi connectivity index (χ1n) is 5.68. The summed E-state index contributed by atoms with van der Waals surface area (Å²) >= 11 is 1.42. The van der Waals surface area contributed by atoms with Crippen molar-refractivity contribution in [3.8, 4) is 0 Å². The van der Waals surface area contributed by atoms with E-state index in [-0.39, 0.29) is 6.54 Å². The summed E-state index contributed by atoms with van der Waals surface area (Å²) in [5.41, 5.74) is 0. The first-order chi connectivity index (χ1) is 9.42. The first kappa shape index (κ1) is 14.7. The van der Waals surface area contributed by atoms with E-state index in [1.165, 1.54) is 11.3 Å². The third-order valence-corrected chi connectivity index (χ3v) is 4.84. The second-order valence-electron chi connectivity index (χ2n) is 3.82. The standard InChI is InChI=1S/C11H12N2O5S2/c1-2-7-5-12-9(19-7)6-13-20(16,17)10-4-3-8(18-10)11(14)15/h3-5,13H,2,6H2,1H3,(H,14,15). The number of sulfonamides is 1. The van der Waals surface area contributed by atoms with Crippen molar-refractivity contribution in [1.29, 1.82) is 0 Å². The van der Waals surface area contributed by atoms with Crippen LogP contribution in [-0.4, -0.2) is 24.5 Å². The molecule has 0 amide bonds. The van der Waals surface area contributed by atoms with Gasteiger partial charge in [-0.3, -0.25) is 0 Å². The predicted molar refractivity (Wildman–Crippen MR) is 71.2 cm³/mol. The van der Waals surface area contributed by atoms with E-state index in [4.69, 9.17) is 9.52 Å². The molecule has 9 heteroatoms. The zero-order valence-electron chi connectivity index (χ0n) is 10.5. The van der Waals surface area contributed by atoms with Gasteiger partial charge >= 0.3 is 5.97 Å². The summed E-state index contributed by atoms with van der Waals surface area (Å²) < 4.78 is 30.9. The number of hydrogen-bond donors (Lipinski definition) is 2. The molecule has 0 aliphatic carbocycles. The van der Waals surface area contributed by atoms with Crippen LogP contribution in [0.3, 0.4) is 0 Å². The van der Waals surface area contributed by atoms with Gasteiger partial charge in [-0.1, -0.05) is 6.92 Å². The Morgan fingerprint density at radius 3 is 2.80 bits per heavy atom. The van der Waals surface area contributed by atoms with Crippen LogP contribution in [0.5, 0.6) is 0 Å². The van der Waals surface area contributed by atoms with Gasteiger partial charge in [-0.05, 0) is 18.6 Å². The number of aromatic nitrogens is 1. The van der Waals surface area contributed by atoms with E-state index in [1.54, 1.807) is 6.20 Å². The molecule has 0 bridgehead atoms. The monoisotopic (exact) mass is 316 g/mol. The Morgan fingerprint density at radius 1 is 1.50 bits per heavy atom. The SMILES string of the molecule is CCc1cnc(CNS(=O)(=O)c2ccc(C(=O)O)o2)s1. The Kier molecular flexibility index (Phi) is 4.21. The summed E-state index contributed by atoms with van der Waals surface area (Å²) in [7, 11) is -3.88. The summed E-state index contributed by atoms with van der Waals surface area (Å²) in [6, 6.07) is 2.20. The van der Waals surface area contributed by atoms with Crippen LogP contribution in [0, 0.1) is 0 Å². The summed E-state index contributed by atoms with van der Waals surface area (Å²) in [5, 5.41) is 8.89. The lowest BCUT2D eigenvalue weighted by atomic mass is 10.4. The highest BCUT2D eigenvalue weighted by molar-refractivity contribution is 7.89. The summed E-state index contributed by atoms with van der Waals surface area (Å²) in [4.78, 5) is 15.8. The van der Waals surface area contributed by atoms with Crippen molar-refractivity contribution >= 4 is 27.3 Å². The highest BCUT2D eigenvalue weighted by atomic mass is 32.2. The van der Waals surface area contributed by atoms with Crippen molar-refractivity contribution in [3.63, 3.8) is 0 Å². The number of nitrogens with one attached hydrogen (secondary N) is 1. The van der Waals surface area contributed by atoms with Crippen molar-refractivity contribution in [2.75, 3.05) is 0 Å². The van der Waals surface area contributed by atoms with Gasteiger partial charge in [0.25, 0.3) is 10.0 Å². The molecule has 2 N–H and O–H groups in total. The number of furan rings is 1. The molecule has 2 aromatic heterocycles. The molecule has 0 atom stereocenters. The molecule has 2 heterocycles. The normalized spacial score (nSPS) is 11.7. The Labute approximate surface area is 119 Å². The smallest absolute Gasteiger partial charge is 0.371 e. The number of nitrogens with zero attached hydrogens (tertiary/aromatic N) is 1. The van der Waals surface area contributed by atoms with E-state index in [0.29, 0.717) is 5.01 Å². The largest absolute Gasteiger partial charge is 0.475 e. The van der Waals surface area contributed by atoms with E-state index < -0.39 is 26.8 Å². The van der Waals surface area contributed by atoms with Gasteiger partial charge in [0, 0.05) is 11.1 Å². The molecular weight excluding hydrogens is 304 g/mol. The van der Waals surface area contributed by atoms with Gasteiger partial charge in [-0.15, -0.1) is 11.3 Å². The predicted octanol–water partition coefficient (Wildman–Crippen LogP) is 1.48. The lowest BCUT2D eigenvalue weighted by molar-refractivity contribution is 0.0656. The molecule has 108 valence electrons. The van der Waals surface area contributed by atoms with Crippen molar-refractivity contribution in [2.24, 2.45) is 0 Å². The van der Waals surface area contributed by atoms with Gasteiger partial charge in [-0.2, -0.15) is 0 Å². The molecule has 2 rings (SSSR count). The minimum Gasteiger partial charge on any atom is -0.475 e. The Balaban J connectivity index is 2.08. The van der Waals surface area contributed by atoms with Crippen LogP contribution < -0.4 is 4.72 Å². The lowest BCUT2D eigenvalue weighted by Gasteiger charge is -2.01.